The van der Waals surface area contributed by atoms with Gasteiger partial charge in [-0.1, -0.05) is 70.2 Å². The van der Waals surface area contributed by atoms with Crippen molar-refractivity contribution in [2.24, 2.45) is 5.92 Å². The van der Waals surface area contributed by atoms with Crippen molar-refractivity contribution in [2.45, 2.75) is 59.9 Å². The highest BCUT2D eigenvalue weighted by Crippen LogP contribution is 2.29. The van der Waals surface area contributed by atoms with Crippen LogP contribution in [-0.2, 0) is 6.42 Å². The van der Waals surface area contributed by atoms with Gasteiger partial charge in [-0.05, 0) is 73.6 Å². The molecule has 0 aliphatic carbocycles. The second kappa shape index (κ2) is 11.5. The van der Waals surface area contributed by atoms with E-state index in [2.05, 4.69) is 39.8 Å². The molecule has 4 aromatic rings. The lowest BCUT2D eigenvalue weighted by Gasteiger charge is -2.33. The Morgan fingerprint density at radius 1 is 0.946 bits per heavy atom. The number of benzene rings is 3. The van der Waals surface area contributed by atoms with E-state index >= 15 is 0 Å². The van der Waals surface area contributed by atoms with E-state index in [0.717, 1.165) is 24.1 Å². The third-order valence-corrected chi connectivity index (χ3v) is 7.05. The van der Waals surface area contributed by atoms with Gasteiger partial charge in [0.15, 0.2) is 0 Å². The Morgan fingerprint density at radius 3 is 2.27 bits per heavy atom. The Labute approximate surface area is 219 Å². The zero-order valence-electron chi connectivity index (χ0n) is 22.6. The molecular weight excluding hydrogens is 458 g/mol. The minimum absolute atomic E-state index is 0.0270. The van der Waals surface area contributed by atoms with E-state index in [1.807, 2.05) is 72.5 Å². The van der Waals surface area contributed by atoms with Crippen molar-refractivity contribution in [3.8, 4) is 5.69 Å². The first-order valence-corrected chi connectivity index (χ1v) is 13.3. The first-order valence-electron chi connectivity index (χ1n) is 13.3. The summed E-state index contributed by atoms with van der Waals surface area (Å²) in [5.41, 5.74) is 4.13. The molecule has 0 aliphatic rings. The first-order chi connectivity index (χ1) is 17.8. The van der Waals surface area contributed by atoms with E-state index in [0.29, 0.717) is 41.2 Å². The summed E-state index contributed by atoms with van der Waals surface area (Å²) in [5.74, 6) is 1.00. The fourth-order valence-corrected chi connectivity index (χ4v) is 4.81. The van der Waals surface area contributed by atoms with Gasteiger partial charge in [0.1, 0.15) is 5.82 Å². The van der Waals surface area contributed by atoms with Crippen LogP contribution >= 0.6 is 0 Å². The summed E-state index contributed by atoms with van der Waals surface area (Å²) < 4.78 is 1.71. The maximum Gasteiger partial charge on any atom is 0.266 e. The Morgan fingerprint density at radius 2 is 1.62 bits per heavy atom. The van der Waals surface area contributed by atoms with Crippen LogP contribution in [0.25, 0.3) is 16.6 Å². The van der Waals surface area contributed by atoms with Gasteiger partial charge in [0.05, 0.1) is 22.6 Å². The number of hydrogen-bond acceptors (Lipinski definition) is 3. The van der Waals surface area contributed by atoms with Gasteiger partial charge in [-0.25, -0.2) is 4.98 Å². The number of amides is 1. The second-order valence-electron chi connectivity index (χ2n) is 10.1. The molecule has 0 radical (unpaired) electrons. The van der Waals surface area contributed by atoms with Crippen molar-refractivity contribution in [3.05, 3.63) is 106 Å². The van der Waals surface area contributed by atoms with Crippen LogP contribution in [-0.4, -0.2) is 26.9 Å². The Bertz CT molecular complexity index is 1440. The van der Waals surface area contributed by atoms with Crippen LogP contribution in [0.3, 0.4) is 0 Å². The number of aryl methyl sites for hydroxylation is 2. The van der Waals surface area contributed by atoms with Crippen molar-refractivity contribution in [1.82, 2.24) is 14.5 Å². The van der Waals surface area contributed by atoms with Gasteiger partial charge in [-0.2, -0.15) is 0 Å². The normalized spacial score (nSPS) is 12.2. The maximum atomic E-state index is 14.0. The molecule has 3 aromatic carbocycles. The molecule has 1 amide bonds. The average Bonchev–Trinajstić information content (AvgIpc) is 2.91. The summed E-state index contributed by atoms with van der Waals surface area (Å²) in [6, 6.07) is 22.9. The molecule has 1 aromatic heterocycles. The van der Waals surface area contributed by atoms with Crippen LogP contribution < -0.4 is 5.56 Å². The van der Waals surface area contributed by atoms with Gasteiger partial charge in [-0.3, -0.25) is 14.2 Å². The average molecular weight is 496 g/mol. The highest BCUT2D eigenvalue weighted by atomic mass is 16.2. The van der Waals surface area contributed by atoms with Crippen LogP contribution in [0.1, 0.15) is 73.9 Å². The molecule has 0 fully saturated rings. The van der Waals surface area contributed by atoms with Gasteiger partial charge in [0.25, 0.3) is 11.5 Å². The third-order valence-electron chi connectivity index (χ3n) is 7.05. The molecule has 0 aliphatic heterocycles. The molecule has 1 unspecified atom stereocenters. The van der Waals surface area contributed by atoms with Gasteiger partial charge in [-0.15, -0.1) is 0 Å². The Kier molecular flexibility index (Phi) is 8.22. The molecule has 0 saturated heterocycles. The Balaban J connectivity index is 1.94. The summed E-state index contributed by atoms with van der Waals surface area (Å²) in [6.07, 6.45) is 2.41. The summed E-state index contributed by atoms with van der Waals surface area (Å²) in [5, 5.41) is 0.569. The largest absolute Gasteiger partial charge is 0.328 e. The number of carbonyl (C=O) groups excluding carboxylic acids is 1. The SMILES string of the molecule is CCc1ccc(-n2c(C(CC)N(CCC(C)C)C(=O)c3ccccc3C)nc3ccccc3c2=O)cc1. The molecular formula is C32H37N3O2. The van der Waals surface area contributed by atoms with Gasteiger partial charge in [0.2, 0.25) is 0 Å². The highest BCUT2D eigenvalue weighted by molar-refractivity contribution is 5.96. The topological polar surface area (TPSA) is 55.2 Å². The number of rotatable bonds is 9. The standard InChI is InChI=1S/C32H37N3O2/c1-6-24-16-18-25(19-17-24)35-30(33-28-15-11-10-14-27(28)32(35)37)29(7-2)34(21-20-22(3)4)31(36)26-13-9-8-12-23(26)5/h8-19,22,29H,6-7,20-21H2,1-5H3. The predicted octanol–water partition coefficient (Wildman–Crippen LogP) is 6.90. The van der Waals surface area contributed by atoms with Gasteiger partial charge in [0, 0.05) is 12.1 Å². The lowest BCUT2D eigenvalue weighted by atomic mass is 10.0. The molecule has 0 saturated carbocycles. The number of para-hydroxylation sites is 1. The second-order valence-corrected chi connectivity index (χ2v) is 10.1. The van der Waals surface area contributed by atoms with E-state index in [-0.39, 0.29) is 17.5 Å². The summed E-state index contributed by atoms with van der Waals surface area (Å²) >= 11 is 0. The predicted molar refractivity (Wildman–Crippen MR) is 151 cm³/mol. The summed E-state index contributed by atoms with van der Waals surface area (Å²) in [4.78, 5) is 34.9. The number of aromatic nitrogens is 2. The molecule has 1 heterocycles. The monoisotopic (exact) mass is 495 g/mol. The van der Waals surface area contributed by atoms with Crippen LogP contribution in [0.5, 0.6) is 0 Å². The van der Waals surface area contributed by atoms with Crippen molar-refractivity contribution < 1.29 is 4.79 Å². The van der Waals surface area contributed by atoms with Crippen LogP contribution in [0, 0.1) is 12.8 Å². The smallest absolute Gasteiger partial charge is 0.266 e. The van der Waals surface area contributed by atoms with Gasteiger partial charge >= 0.3 is 0 Å². The summed E-state index contributed by atoms with van der Waals surface area (Å²) in [6.45, 7) is 11.0. The molecule has 0 spiro atoms. The zero-order chi connectivity index (χ0) is 26.5. The Hall–Kier alpha value is -3.73. The van der Waals surface area contributed by atoms with E-state index in [4.69, 9.17) is 4.98 Å². The van der Waals surface area contributed by atoms with Crippen LogP contribution in [0.2, 0.25) is 0 Å². The lowest BCUT2D eigenvalue weighted by Crippen LogP contribution is -2.39. The van der Waals surface area contributed by atoms with Crippen LogP contribution in [0.4, 0.5) is 0 Å². The highest BCUT2D eigenvalue weighted by Gasteiger charge is 2.30. The number of fused-ring (bicyclic) bond motifs is 1. The van der Waals surface area contributed by atoms with Crippen molar-refractivity contribution in [3.63, 3.8) is 0 Å². The van der Waals surface area contributed by atoms with E-state index in [1.165, 1.54) is 5.56 Å². The quantitative estimate of drug-likeness (QED) is 0.254. The molecule has 37 heavy (non-hydrogen) atoms. The van der Waals surface area contributed by atoms with E-state index in [9.17, 15) is 9.59 Å². The lowest BCUT2D eigenvalue weighted by molar-refractivity contribution is 0.0648. The van der Waals surface area contributed by atoms with Crippen molar-refractivity contribution in [1.29, 1.82) is 0 Å². The number of carbonyl (C=O) groups is 1. The molecule has 5 heteroatoms. The van der Waals surface area contributed by atoms with Crippen LogP contribution in [0.15, 0.2) is 77.6 Å². The number of nitrogens with zero attached hydrogens (tertiary/aromatic N) is 3. The first kappa shape index (κ1) is 26.3. The third kappa shape index (κ3) is 5.51. The molecule has 1 atom stereocenters. The fraction of sp³-hybridized carbons (Fsp3) is 0.344. The van der Waals surface area contributed by atoms with E-state index in [1.54, 1.807) is 4.57 Å². The van der Waals surface area contributed by atoms with E-state index < -0.39 is 0 Å². The molecule has 5 nitrogen and oxygen atoms in total. The number of hydrogen-bond donors (Lipinski definition) is 0. The molecule has 4 rings (SSSR count). The molecule has 0 N–H and O–H groups in total. The fourth-order valence-electron chi connectivity index (χ4n) is 4.81. The van der Waals surface area contributed by atoms with Crippen molar-refractivity contribution >= 4 is 16.8 Å². The minimum atomic E-state index is -0.367. The molecule has 0 bridgehead atoms. The minimum Gasteiger partial charge on any atom is -0.328 e. The van der Waals surface area contributed by atoms with Gasteiger partial charge < -0.3 is 4.90 Å². The maximum absolute atomic E-state index is 14.0. The van der Waals surface area contributed by atoms with Crippen molar-refractivity contribution in [2.75, 3.05) is 6.54 Å². The summed E-state index contributed by atoms with van der Waals surface area (Å²) in [7, 11) is 0. The molecule has 192 valence electrons. The zero-order valence-corrected chi connectivity index (χ0v) is 22.6.